The first-order valence-corrected chi connectivity index (χ1v) is 8.02. The van der Waals surface area contributed by atoms with E-state index in [0.717, 1.165) is 34.6 Å². The Bertz CT molecular complexity index is 496. The van der Waals surface area contributed by atoms with Crippen LogP contribution in [0.25, 0.3) is 0 Å². The van der Waals surface area contributed by atoms with Crippen molar-refractivity contribution in [2.45, 2.75) is 32.2 Å². The van der Waals surface area contributed by atoms with Gasteiger partial charge in [-0.15, -0.1) is 0 Å². The maximum atomic E-state index is 6.30. The zero-order chi connectivity index (χ0) is 13.1. The summed E-state index contributed by atoms with van der Waals surface area (Å²) in [7, 11) is 2.11. The number of hydrogen-bond donors (Lipinski definition) is 1. The minimum atomic E-state index is 0.511. The van der Waals surface area contributed by atoms with Gasteiger partial charge in [-0.25, -0.2) is 0 Å². The Kier molecular flexibility index (Phi) is 2.72. The van der Waals surface area contributed by atoms with Gasteiger partial charge < -0.3 is 5.32 Å². The summed E-state index contributed by atoms with van der Waals surface area (Å²) in [5.74, 6) is 4.97. The molecule has 0 spiro atoms. The predicted molar refractivity (Wildman–Crippen MR) is 79.3 cm³/mol. The summed E-state index contributed by atoms with van der Waals surface area (Å²) in [6, 6.07) is 7.11. The third kappa shape index (κ3) is 1.71. The molecule has 2 heteroatoms. The molecular weight excluding hydrogens is 254 g/mol. The Morgan fingerprint density at radius 3 is 2.47 bits per heavy atom. The summed E-state index contributed by atoms with van der Waals surface area (Å²) in [5.41, 5.74) is 2.56. The normalized spacial score (nSPS) is 40.3. The first-order chi connectivity index (χ1) is 9.20. The Labute approximate surface area is 120 Å². The quantitative estimate of drug-likeness (QED) is 0.872. The molecule has 1 nitrogen and oxygen atoms in total. The molecule has 19 heavy (non-hydrogen) atoms. The molecule has 0 aliphatic heterocycles. The minimum absolute atomic E-state index is 0.511. The molecule has 0 heterocycles. The van der Waals surface area contributed by atoms with Crippen molar-refractivity contribution in [3.63, 3.8) is 0 Å². The van der Waals surface area contributed by atoms with Crippen LogP contribution in [0.1, 0.15) is 36.4 Å². The van der Waals surface area contributed by atoms with Gasteiger partial charge >= 0.3 is 0 Å². The lowest BCUT2D eigenvalue weighted by Gasteiger charge is -2.21. The van der Waals surface area contributed by atoms with E-state index in [9.17, 15) is 0 Å². The summed E-state index contributed by atoms with van der Waals surface area (Å²) >= 11 is 6.30. The Balaban J connectivity index is 1.61. The molecule has 102 valence electrons. The molecule has 3 saturated carbocycles. The highest BCUT2D eigenvalue weighted by molar-refractivity contribution is 6.31. The second kappa shape index (κ2) is 4.23. The molecule has 4 rings (SSSR count). The highest BCUT2D eigenvalue weighted by Gasteiger charge is 2.66. The molecule has 3 fully saturated rings. The van der Waals surface area contributed by atoms with Crippen LogP contribution in [-0.4, -0.2) is 7.05 Å². The predicted octanol–water partition coefficient (Wildman–Crippen LogP) is 4.20. The van der Waals surface area contributed by atoms with Gasteiger partial charge in [-0.05, 0) is 80.0 Å². The van der Waals surface area contributed by atoms with Crippen molar-refractivity contribution in [2.75, 3.05) is 7.05 Å². The van der Waals surface area contributed by atoms with Crippen LogP contribution in [0.4, 0.5) is 0 Å². The van der Waals surface area contributed by atoms with Crippen LogP contribution in [0.3, 0.4) is 0 Å². The van der Waals surface area contributed by atoms with E-state index in [1.807, 2.05) is 0 Å². The molecule has 0 radical (unpaired) electrons. The van der Waals surface area contributed by atoms with Gasteiger partial charge in [0.25, 0.3) is 0 Å². The molecule has 0 aromatic heterocycles. The molecule has 0 amide bonds. The summed E-state index contributed by atoms with van der Waals surface area (Å²) in [6.45, 7) is 2.08. The smallest absolute Gasteiger partial charge is 0.0438 e. The van der Waals surface area contributed by atoms with Gasteiger partial charge in [0.05, 0.1) is 0 Å². The van der Waals surface area contributed by atoms with Crippen LogP contribution >= 0.6 is 11.6 Å². The highest BCUT2D eigenvalue weighted by atomic mass is 35.5. The molecule has 2 bridgehead atoms. The average molecular weight is 276 g/mol. The topological polar surface area (TPSA) is 12.0 Å². The van der Waals surface area contributed by atoms with Crippen molar-refractivity contribution in [2.24, 2.45) is 29.6 Å². The lowest BCUT2D eigenvalue weighted by molar-refractivity contribution is 0.385. The second-order valence-corrected chi connectivity index (χ2v) is 7.25. The monoisotopic (exact) mass is 275 g/mol. The van der Waals surface area contributed by atoms with E-state index in [4.69, 9.17) is 11.6 Å². The summed E-state index contributed by atoms with van der Waals surface area (Å²) in [5, 5.41) is 4.47. The van der Waals surface area contributed by atoms with Crippen LogP contribution in [0.2, 0.25) is 5.02 Å². The van der Waals surface area contributed by atoms with Crippen molar-refractivity contribution < 1.29 is 0 Å². The van der Waals surface area contributed by atoms with E-state index in [1.165, 1.54) is 30.4 Å². The van der Waals surface area contributed by atoms with Crippen molar-refractivity contribution in [3.05, 3.63) is 34.3 Å². The van der Waals surface area contributed by atoms with Gasteiger partial charge in [0.1, 0.15) is 0 Å². The van der Waals surface area contributed by atoms with Gasteiger partial charge in [0.2, 0.25) is 0 Å². The van der Waals surface area contributed by atoms with E-state index < -0.39 is 0 Å². The maximum Gasteiger partial charge on any atom is 0.0438 e. The maximum absolute atomic E-state index is 6.30. The van der Waals surface area contributed by atoms with Gasteiger partial charge in [0, 0.05) is 11.1 Å². The number of nitrogens with one attached hydrogen (secondary N) is 1. The zero-order valence-corrected chi connectivity index (χ0v) is 12.5. The first-order valence-electron chi connectivity index (χ1n) is 7.64. The van der Waals surface area contributed by atoms with E-state index in [2.05, 4.69) is 37.5 Å². The standard InChI is InChI=1S/C17H22ClN/c1-9-3-4-12(8-13(9)18)17(19-2)16-14-10-5-6-11(7-10)15(14)16/h3-4,8,10-11,14-17,19H,5-7H2,1-2H3. The van der Waals surface area contributed by atoms with Gasteiger partial charge in [-0.2, -0.15) is 0 Å². The van der Waals surface area contributed by atoms with Crippen LogP contribution in [0, 0.1) is 36.5 Å². The van der Waals surface area contributed by atoms with Crippen LogP contribution in [-0.2, 0) is 0 Å². The van der Waals surface area contributed by atoms with Crippen molar-refractivity contribution in [3.8, 4) is 0 Å². The molecule has 1 N–H and O–H groups in total. The number of fused-ring (bicyclic) bond motifs is 5. The van der Waals surface area contributed by atoms with E-state index >= 15 is 0 Å². The zero-order valence-electron chi connectivity index (χ0n) is 11.7. The first kappa shape index (κ1) is 12.2. The third-order valence-corrected chi connectivity index (χ3v) is 6.45. The Hall–Kier alpha value is -0.530. The third-order valence-electron chi connectivity index (χ3n) is 6.05. The fraction of sp³-hybridized carbons (Fsp3) is 0.647. The number of halogens is 1. The molecule has 5 atom stereocenters. The van der Waals surface area contributed by atoms with Crippen LogP contribution in [0.5, 0.6) is 0 Å². The van der Waals surface area contributed by atoms with Crippen LogP contribution in [0.15, 0.2) is 18.2 Å². The molecule has 3 aliphatic rings. The largest absolute Gasteiger partial charge is 0.313 e. The summed E-state index contributed by atoms with van der Waals surface area (Å²) in [4.78, 5) is 0. The average Bonchev–Trinajstić information content (AvgIpc) is 2.82. The molecule has 3 aliphatic carbocycles. The lowest BCUT2D eigenvalue weighted by Crippen LogP contribution is -2.22. The lowest BCUT2D eigenvalue weighted by atomic mass is 9.92. The fourth-order valence-corrected chi connectivity index (χ4v) is 5.41. The van der Waals surface area contributed by atoms with Gasteiger partial charge in [0.15, 0.2) is 0 Å². The van der Waals surface area contributed by atoms with Crippen LogP contribution < -0.4 is 5.32 Å². The van der Waals surface area contributed by atoms with Gasteiger partial charge in [-0.1, -0.05) is 23.7 Å². The molecule has 1 aromatic carbocycles. The molecule has 1 aromatic rings. The van der Waals surface area contributed by atoms with Crippen molar-refractivity contribution in [1.29, 1.82) is 0 Å². The number of aryl methyl sites for hydroxylation is 1. The highest BCUT2D eigenvalue weighted by Crippen LogP contribution is 2.72. The Morgan fingerprint density at radius 2 is 1.89 bits per heavy atom. The van der Waals surface area contributed by atoms with Crippen molar-refractivity contribution >= 4 is 11.6 Å². The summed E-state index contributed by atoms with van der Waals surface area (Å²) in [6.07, 6.45) is 4.51. The molecule has 5 unspecified atom stereocenters. The van der Waals surface area contributed by atoms with E-state index in [-0.39, 0.29) is 0 Å². The molecule has 0 saturated heterocycles. The van der Waals surface area contributed by atoms with E-state index in [0.29, 0.717) is 6.04 Å². The SMILES string of the molecule is CNC(c1ccc(C)c(Cl)c1)C1C2C3CCC(C3)C21. The molecular formula is C17H22ClN. The summed E-state index contributed by atoms with van der Waals surface area (Å²) < 4.78 is 0. The van der Waals surface area contributed by atoms with E-state index in [1.54, 1.807) is 0 Å². The second-order valence-electron chi connectivity index (χ2n) is 6.84. The number of hydrogen-bond acceptors (Lipinski definition) is 1. The fourth-order valence-electron chi connectivity index (χ4n) is 5.22. The van der Waals surface area contributed by atoms with Crippen molar-refractivity contribution in [1.82, 2.24) is 5.32 Å². The number of benzene rings is 1. The minimum Gasteiger partial charge on any atom is -0.313 e. The Morgan fingerprint density at radius 1 is 1.21 bits per heavy atom. The van der Waals surface area contributed by atoms with Gasteiger partial charge in [-0.3, -0.25) is 0 Å². The number of rotatable bonds is 3.